The van der Waals surface area contributed by atoms with Crippen LogP contribution in [0.2, 0.25) is 0 Å². The highest BCUT2D eigenvalue weighted by Gasteiger charge is 2.10. The van der Waals surface area contributed by atoms with Gasteiger partial charge in [-0.2, -0.15) is 0 Å². The summed E-state index contributed by atoms with van der Waals surface area (Å²) >= 11 is 0. The van der Waals surface area contributed by atoms with E-state index >= 15 is 0 Å². The largest absolute Gasteiger partial charge is 0.392 e. The van der Waals surface area contributed by atoms with Gasteiger partial charge in [-0.3, -0.25) is 9.67 Å². The summed E-state index contributed by atoms with van der Waals surface area (Å²) in [7, 11) is 1.85. The highest BCUT2D eigenvalue weighted by Crippen LogP contribution is 2.19. The van der Waals surface area contributed by atoms with Gasteiger partial charge in [-0.05, 0) is 25.5 Å². The number of aliphatic hydroxyl groups excluding tert-OH is 1. The molecule has 2 rings (SSSR count). The van der Waals surface area contributed by atoms with Crippen LogP contribution in [0.3, 0.4) is 0 Å². The Morgan fingerprint density at radius 3 is 2.56 bits per heavy atom. The molecule has 0 spiro atoms. The van der Waals surface area contributed by atoms with Gasteiger partial charge < -0.3 is 5.11 Å². The Balaban J connectivity index is 2.49. The van der Waals surface area contributed by atoms with Crippen molar-refractivity contribution in [1.82, 2.24) is 20.0 Å². The Bertz CT molecular complexity index is 519. The lowest BCUT2D eigenvalue weighted by Crippen LogP contribution is -1.96. The zero-order valence-electron chi connectivity index (χ0n) is 9.60. The lowest BCUT2D eigenvalue weighted by Gasteiger charge is -2.04. The van der Waals surface area contributed by atoms with E-state index in [9.17, 15) is 0 Å². The molecule has 0 atom stereocenters. The molecule has 2 aromatic heterocycles. The van der Waals surface area contributed by atoms with Gasteiger partial charge in [0.05, 0.1) is 18.0 Å². The van der Waals surface area contributed by atoms with Gasteiger partial charge in [-0.25, -0.2) is 0 Å². The van der Waals surface area contributed by atoms with Crippen LogP contribution in [0.1, 0.15) is 17.0 Å². The summed E-state index contributed by atoms with van der Waals surface area (Å²) in [5.74, 6) is 0. The molecule has 0 amide bonds. The average molecular weight is 218 g/mol. The van der Waals surface area contributed by atoms with Crippen LogP contribution in [0, 0.1) is 13.8 Å². The van der Waals surface area contributed by atoms with E-state index in [1.54, 1.807) is 4.68 Å². The Morgan fingerprint density at radius 1 is 1.31 bits per heavy atom. The fraction of sp³-hybridized carbons (Fsp3) is 0.364. The lowest BCUT2D eigenvalue weighted by molar-refractivity contribution is 0.280. The van der Waals surface area contributed by atoms with E-state index < -0.39 is 0 Å². The van der Waals surface area contributed by atoms with Crippen molar-refractivity contribution in [2.45, 2.75) is 20.5 Å². The number of pyridine rings is 1. The minimum atomic E-state index is 0.0125. The van der Waals surface area contributed by atoms with Crippen molar-refractivity contribution < 1.29 is 5.11 Å². The molecule has 0 aliphatic carbocycles. The standard InChI is InChI=1S/C11H14N4O/c1-7-9(6-16)4-5-10(12-7)11-8(2)15(3)14-13-11/h4-5,16H,6H2,1-3H3. The molecule has 0 saturated carbocycles. The van der Waals surface area contributed by atoms with Gasteiger partial charge >= 0.3 is 0 Å². The number of rotatable bonds is 2. The minimum absolute atomic E-state index is 0.0125. The van der Waals surface area contributed by atoms with Crippen LogP contribution in [-0.4, -0.2) is 25.1 Å². The van der Waals surface area contributed by atoms with Crippen molar-refractivity contribution >= 4 is 0 Å². The highest BCUT2D eigenvalue weighted by atomic mass is 16.3. The monoisotopic (exact) mass is 218 g/mol. The van der Waals surface area contributed by atoms with E-state index in [2.05, 4.69) is 15.3 Å². The summed E-state index contributed by atoms with van der Waals surface area (Å²) in [6.07, 6.45) is 0. The van der Waals surface area contributed by atoms with Gasteiger partial charge in [0.15, 0.2) is 0 Å². The Morgan fingerprint density at radius 2 is 2.06 bits per heavy atom. The lowest BCUT2D eigenvalue weighted by atomic mass is 10.1. The first-order chi connectivity index (χ1) is 7.63. The molecule has 0 unspecified atom stereocenters. The maximum Gasteiger partial charge on any atom is 0.134 e. The zero-order chi connectivity index (χ0) is 11.7. The van der Waals surface area contributed by atoms with Gasteiger partial charge in [-0.15, -0.1) is 5.10 Å². The second-order valence-electron chi connectivity index (χ2n) is 3.75. The van der Waals surface area contributed by atoms with Crippen molar-refractivity contribution in [1.29, 1.82) is 0 Å². The first-order valence-corrected chi connectivity index (χ1v) is 5.07. The van der Waals surface area contributed by atoms with Gasteiger partial charge in [0.1, 0.15) is 5.69 Å². The Labute approximate surface area is 93.8 Å². The number of hydrogen-bond donors (Lipinski definition) is 1. The number of aromatic nitrogens is 4. The molecule has 2 aromatic rings. The van der Waals surface area contributed by atoms with E-state index in [-0.39, 0.29) is 6.61 Å². The minimum Gasteiger partial charge on any atom is -0.392 e. The van der Waals surface area contributed by atoms with Gasteiger partial charge in [0.25, 0.3) is 0 Å². The van der Waals surface area contributed by atoms with Crippen molar-refractivity contribution in [3.8, 4) is 11.4 Å². The summed E-state index contributed by atoms with van der Waals surface area (Å²) in [4.78, 5) is 4.41. The fourth-order valence-electron chi connectivity index (χ4n) is 1.53. The predicted molar refractivity (Wildman–Crippen MR) is 59.6 cm³/mol. The average Bonchev–Trinajstić information content (AvgIpc) is 2.60. The summed E-state index contributed by atoms with van der Waals surface area (Å²) in [5, 5.41) is 17.1. The van der Waals surface area contributed by atoms with Crippen LogP contribution in [0.4, 0.5) is 0 Å². The first-order valence-electron chi connectivity index (χ1n) is 5.07. The molecular formula is C11H14N4O. The third kappa shape index (κ3) is 1.69. The molecule has 0 fully saturated rings. The smallest absolute Gasteiger partial charge is 0.134 e. The van der Waals surface area contributed by atoms with E-state index in [1.807, 2.05) is 33.0 Å². The van der Waals surface area contributed by atoms with Crippen LogP contribution in [-0.2, 0) is 13.7 Å². The van der Waals surface area contributed by atoms with Gasteiger partial charge in [0, 0.05) is 12.7 Å². The number of aryl methyl sites for hydroxylation is 2. The van der Waals surface area contributed by atoms with Crippen molar-refractivity contribution in [3.63, 3.8) is 0 Å². The third-order valence-corrected chi connectivity index (χ3v) is 2.72. The second-order valence-corrected chi connectivity index (χ2v) is 3.75. The van der Waals surface area contributed by atoms with E-state index in [0.29, 0.717) is 0 Å². The summed E-state index contributed by atoms with van der Waals surface area (Å²) in [6, 6.07) is 3.72. The predicted octanol–water partition coefficient (Wildman–Crippen LogP) is 0.986. The molecule has 5 heteroatoms. The number of aliphatic hydroxyl groups is 1. The number of nitrogens with zero attached hydrogens (tertiary/aromatic N) is 4. The summed E-state index contributed by atoms with van der Waals surface area (Å²) in [6.45, 7) is 3.84. The molecule has 0 aliphatic heterocycles. The van der Waals surface area contributed by atoms with E-state index in [1.165, 1.54) is 0 Å². The molecule has 0 aromatic carbocycles. The third-order valence-electron chi connectivity index (χ3n) is 2.72. The number of hydrogen-bond acceptors (Lipinski definition) is 4. The first kappa shape index (κ1) is 10.8. The van der Waals surface area contributed by atoms with Crippen LogP contribution in [0.5, 0.6) is 0 Å². The Kier molecular flexibility index (Phi) is 2.70. The fourth-order valence-corrected chi connectivity index (χ4v) is 1.53. The second kappa shape index (κ2) is 4.02. The van der Waals surface area contributed by atoms with E-state index in [0.717, 1.165) is 28.3 Å². The maximum atomic E-state index is 9.07. The van der Waals surface area contributed by atoms with Crippen LogP contribution < -0.4 is 0 Å². The molecule has 84 valence electrons. The van der Waals surface area contributed by atoms with Gasteiger partial charge in [-0.1, -0.05) is 11.3 Å². The molecule has 5 nitrogen and oxygen atoms in total. The summed E-state index contributed by atoms with van der Waals surface area (Å²) < 4.78 is 1.71. The maximum absolute atomic E-state index is 9.07. The van der Waals surface area contributed by atoms with Crippen molar-refractivity contribution in [2.24, 2.45) is 7.05 Å². The van der Waals surface area contributed by atoms with Gasteiger partial charge in [0.2, 0.25) is 0 Å². The molecule has 0 radical (unpaired) electrons. The Hall–Kier alpha value is -1.75. The van der Waals surface area contributed by atoms with E-state index in [4.69, 9.17) is 5.11 Å². The van der Waals surface area contributed by atoms with Crippen molar-refractivity contribution in [2.75, 3.05) is 0 Å². The van der Waals surface area contributed by atoms with Crippen LogP contribution >= 0.6 is 0 Å². The van der Waals surface area contributed by atoms with Crippen molar-refractivity contribution in [3.05, 3.63) is 29.1 Å². The molecule has 2 heterocycles. The molecule has 0 aliphatic rings. The topological polar surface area (TPSA) is 63.8 Å². The molecule has 1 N–H and O–H groups in total. The molecule has 0 saturated heterocycles. The zero-order valence-corrected chi connectivity index (χ0v) is 9.60. The molecule has 16 heavy (non-hydrogen) atoms. The highest BCUT2D eigenvalue weighted by molar-refractivity contribution is 5.56. The summed E-state index contributed by atoms with van der Waals surface area (Å²) in [5.41, 5.74) is 4.22. The molecular weight excluding hydrogens is 204 g/mol. The van der Waals surface area contributed by atoms with Crippen LogP contribution in [0.15, 0.2) is 12.1 Å². The van der Waals surface area contributed by atoms with Crippen LogP contribution in [0.25, 0.3) is 11.4 Å². The molecule has 0 bridgehead atoms. The quantitative estimate of drug-likeness (QED) is 0.816. The SMILES string of the molecule is Cc1nc(-c2nnn(C)c2C)ccc1CO. The normalized spacial score (nSPS) is 10.8.